The summed E-state index contributed by atoms with van der Waals surface area (Å²) in [4.78, 5) is 4.09. The van der Waals surface area contributed by atoms with Crippen LogP contribution < -0.4 is 5.32 Å². The average molecular weight is 248 g/mol. The Labute approximate surface area is 105 Å². The van der Waals surface area contributed by atoms with E-state index in [1.807, 2.05) is 13.0 Å². The Hall–Kier alpha value is -1.81. The molecule has 0 aliphatic heterocycles. The molecule has 0 aliphatic carbocycles. The molecule has 0 saturated heterocycles. The number of aryl methyl sites for hydroxylation is 1. The molecule has 2 aromatic rings. The Morgan fingerprint density at radius 3 is 2.50 bits per heavy atom. The number of hydrogen-bond acceptors (Lipinski definition) is 2. The van der Waals surface area contributed by atoms with E-state index in [0.29, 0.717) is 13.1 Å². The van der Waals surface area contributed by atoms with Crippen LogP contribution >= 0.6 is 0 Å². The van der Waals surface area contributed by atoms with Gasteiger partial charge in [-0.05, 0) is 35.7 Å². The van der Waals surface area contributed by atoms with E-state index < -0.39 is 11.6 Å². The summed E-state index contributed by atoms with van der Waals surface area (Å²) >= 11 is 0. The summed E-state index contributed by atoms with van der Waals surface area (Å²) in [6.45, 7) is 3.12. The Kier molecular flexibility index (Phi) is 3.99. The van der Waals surface area contributed by atoms with Gasteiger partial charge < -0.3 is 5.32 Å². The topological polar surface area (TPSA) is 24.9 Å². The molecule has 18 heavy (non-hydrogen) atoms. The first kappa shape index (κ1) is 12.6. The third-order valence-electron chi connectivity index (χ3n) is 2.57. The van der Waals surface area contributed by atoms with Gasteiger partial charge in [-0.3, -0.25) is 4.98 Å². The highest BCUT2D eigenvalue weighted by Gasteiger charge is 2.02. The van der Waals surface area contributed by atoms with Gasteiger partial charge in [-0.1, -0.05) is 12.1 Å². The predicted molar refractivity (Wildman–Crippen MR) is 65.9 cm³/mol. The Morgan fingerprint density at radius 2 is 1.78 bits per heavy atom. The lowest BCUT2D eigenvalue weighted by Crippen LogP contribution is -2.13. The Morgan fingerprint density at radius 1 is 1.00 bits per heavy atom. The molecule has 2 nitrogen and oxygen atoms in total. The van der Waals surface area contributed by atoms with Gasteiger partial charge in [0.15, 0.2) is 11.6 Å². The fourth-order valence-electron chi connectivity index (χ4n) is 1.71. The number of hydrogen-bond donors (Lipinski definition) is 1. The highest BCUT2D eigenvalue weighted by atomic mass is 19.2. The quantitative estimate of drug-likeness (QED) is 0.899. The summed E-state index contributed by atoms with van der Waals surface area (Å²) in [6.07, 6.45) is 3.57. The van der Waals surface area contributed by atoms with Crippen molar-refractivity contribution in [2.24, 2.45) is 0 Å². The van der Waals surface area contributed by atoms with Crippen LogP contribution in [-0.4, -0.2) is 4.98 Å². The maximum Gasteiger partial charge on any atom is 0.159 e. The lowest BCUT2D eigenvalue weighted by Gasteiger charge is -2.06. The number of halogens is 2. The van der Waals surface area contributed by atoms with E-state index in [-0.39, 0.29) is 0 Å². The number of benzene rings is 1. The van der Waals surface area contributed by atoms with Crippen molar-refractivity contribution in [1.82, 2.24) is 10.3 Å². The molecule has 0 unspecified atom stereocenters. The lowest BCUT2D eigenvalue weighted by atomic mass is 10.2. The first-order valence-electron chi connectivity index (χ1n) is 5.70. The molecule has 0 fully saturated rings. The zero-order valence-electron chi connectivity index (χ0n) is 10.1. The molecular weight excluding hydrogens is 234 g/mol. The van der Waals surface area contributed by atoms with Crippen molar-refractivity contribution in [3.8, 4) is 0 Å². The monoisotopic (exact) mass is 248 g/mol. The fraction of sp³-hybridized carbons (Fsp3) is 0.214. The van der Waals surface area contributed by atoms with Crippen LogP contribution in [0.25, 0.3) is 0 Å². The maximum atomic E-state index is 13.0. The van der Waals surface area contributed by atoms with Crippen molar-refractivity contribution in [3.63, 3.8) is 0 Å². The first-order chi connectivity index (χ1) is 8.65. The van der Waals surface area contributed by atoms with Gasteiger partial charge in [-0.25, -0.2) is 8.78 Å². The number of nitrogens with one attached hydrogen (secondary N) is 1. The molecule has 0 amide bonds. The van der Waals surface area contributed by atoms with Gasteiger partial charge in [0.2, 0.25) is 0 Å². The summed E-state index contributed by atoms with van der Waals surface area (Å²) in [5.74, 6) is -1.63. The van der Waals surface area contributed by atoms with Gasteiger partial charge >= 0.3 is 0 Å². The molecule has 1 heterocycles. The van der Waals surface area contributed by atoms with Crippen molar-refractivity contribution in [3.05, 3.63) is 65.0 Å². The van der Waals surface area contributed by atoms with Gasteiger partial charge in [-0.2, -0.15) is 0 Å². The summed E-state index contributed by atoms with van der Waals surface area (Å²) in [5, 5.41) is 3.16. The first-order valence-corrected chi connectivity index (χ1v) is 5.70. The highest BCUT2D eigenvalue weighted by molar-refractivity contribution is 5.19. The molecule has 4 heteroatoms. The normalized spacial score (nSPS) is 10.6. The van der Waals surface area contributed by atoms with Gasteiger partial charge in [-0.15, -0.1) is 0 Å². The van der Waals surface area contributed by atoms with E-state index in [0.717, 1.165) is 22.8 Å². The van der Waals surface area contributed by atoms with E-state index in [9.17, 15) is 8.78 Å². The van der Waals surface area contributed by atoms with Gasteiger partial charge in [0.1, 0.15) is 0 Å². The zero-order chi connectivity index (χ0) is 13.0. The average Bonchev–Trinajstić information content (AvgIpc) is 2.34. The van der Waals surface area contributed by atoms with Crippen LogP contribution in [0.3, 0.4) is 0 Å². The van der Waals surface area contributed by atoms with Crippen LogP contribution in [0, 0.1) is 18.6 Å². The van der Waals surface area contributed by atoms with Crippen LogP contribution in [0.2, 0.25) is 0 Å². The summed E-state index contributed by atoms with van der Waals surface area (Å²) in [6, 6.07) is 5.95. The molecule has 0 radical (unpaired) electrons. The summed E-state index contributed by atoms with van der Waals surface area (Å²) in [5.41, 5.74) is 2.88. The Bertz CT molecular complexity index is 541. The van der Waals surface area contributed by atoms with Crippen LogP contribution in [0.4, 0.5) is 8.78 Å². The molecule has 1 aromatic carbocycles. The minimum atomic E-state index is -0.818. The smallest absolute Gasteiger partial charge is 0.159 e. The van der Waals surface area contributed by atoms with Crippen LogP contribution in [0.5, 0.6) is 0 Å². The van der Waals surface area contributed by atoms with Crippen LogP contribution in [0.15, 0.2) is 36.7 Å². The van der Waals surface area contributed by atoms with E-state index >= 15 is 0 Å². The van der Waals surface area contributed by atoms with Crippen molar-refractivity contribution in [2.75, 3.05) is 0 Å². The largest absolute Gasteiger partial charge is 0.309 e. The third-order valence-corrected chi connectivity index (χ3v) is 2.57. The maximum absolute atomic E-state index is 13.0. The van der Waals surface area contributed by atoms with Gasteiger partial charge in [0, 0.05) is 25.5 Å². The second-order valence-electron chi connectivity index (χ2n) is 4.22. The standard InChI is InChI=1S/C14H14F2N2/c1-10-4-12(8-17-6-10)9-18-7-11-2-3-13(15)14(16)5-11/h2-6,8,18H,7,9H2,1H3. The number of pyridine rings is 1. The molecule has 1 N–H and O–H groups in total. The lowest BCUT2D eigenvalue weighted by molar-refractivity contribution is 0.506. The summed E-state index contributed by atoms with van der Waals surface area (Å²) in [7, 11) is 0. The number of nitrogens with zero attached hydrogens (tertiary/aromatic N) is 1. The van der Waals surface area contributed by atoms with Gasteiger partial charge in [0.05, 0.1) is 0 Å². The molecule has 0 saturated carbocycles. The second-order valence-corrected chi connectivity index (χ2v) is 4.22. The molecule has 94 valence electrons. The van der Waals surface area contributed by atoms with E-state index in [1.165, 1.54) is 6.07 Å². The van der Waals surface area contributed by atoms with Crippen molar-refractivity contribution < 1.29 is 8.78 Å². The Balaban J connectivity index is 1.90. The predicted octanol–water partition coefficient (Wildman–Crippen LogP) is 2.96. The van der Waals surface area contributed by atoms with E-state index in [2.05, 4.69) is 10.3 Å². The second kappa shape index (κ2) is 5.69. The minimum Gasteiger partial charge on any atom is -0.309 e. The number of aromatic nitrogens is 1. The molecule has 0 atom stereocenters. The molecule has 2 rings (SSSR count). The molecule has 0 aliphatic rings. The highest BCUT2D eigenvalue weighted by Crippen LogP contribution is 2.08. The zero-order valence-corrected chi connectivity index (χ0v) is 10.1. The molecular formula is C14H14F2N2. The van der Waals surface area contributed by atoms with Crippen molar-refractivity contribution in [2.45, 2.75) is 20.0 Å². The van der Waals surface area contributed by atoms with E-state index in [4.69, 9.17) is 0 Å². The minimum absolute atomic E-state index is 0.491. The fourth-order valence-corrected chi connectivity index (χ4v) is 1.71. The van der Waals surface area contributed by atoms with E-state index in [1.54, 1.807) is 18.5 Å². The van der Waals surface area contributed by atoms with Crippen molar-refractivity contribution >= 4 is 0 Å². The molecule has 0 spiro atoms. The van der Waals surface area contributed by atoms with Crippen molar-refractivity contribution in [1.29, 1.82) is 0 Å². The van der Waals surface area contributed by atoms with Crippen LogP contribution in [-0.2, 0) is 13.1 Å². The summed E-state index contributed by atoms with van der Waals surface area (Å²) < 4.78 is 25.7. The van der Waals surface area contributed by atoms with Gasteiger partial charge in [0.25, 0.3) is 0 Å². The number of rotatable bonds is 4. The SMILES string of the molecule is Cc1cncc(CNCc2ccc(F)c(F)c2)c1. The molecule has 0 bridgehead atoms. The van der Waals surface area contributed by atoms with Crippen LogP contribution in [0.1, 0.15) is 16.7 Å². The molecule has 1 aromatic heterocycles. The third kappa shape index (κ3) is 3.34.